The number of nitriles is 1. The number of hydrogen-bond acceptors (Lipinski definition) is 3. The van der Waals surface area contributed by atoms with Crippen molar-refractivity contribution in [3.63, 3.8) is 0 Å². The van der Waals surface area contributed by atoms with Crippen molar-refractivity contribution in [2.75, 3.05) is 0 Å². The zero-order chi connectivity index (χ0) is 6.69. The molecule has 2 nitrogen and oxygen atoms in total. The summed E-state index contributed by atoms with van der Waals surface area (Å²) in [6.45, 7) is 0. The predicted molar refractivity (Wildman–Crippen MR) is 46.6 cm³/mol. The van der Waals surface area contributed by atoms with Gasteiger partial charge in [0.1, 0.15) is 5.37 Å². The second-order valence-corrected chi connectivity index (χ2v) is 3.78. The number of thioether (sulfide) groups is 1. The SMILES string of the molecule is N#CCC1SC=CN1I. The maximum atomic E-state index is 8.32. The first-order valence-electron chi connectivity index (χ1n) is 2.48. The molecule has 0 saturated heterocycles. The van der Waals surface area contributed by atoms with Gasteiger partial charge in [-0.1, -0.05) is 0 Å². The van der Waals surface area contributed by atoms with E-state index in [1.165, 1.54) is 0 Å². The van der Waals surface area contributed by atoms with Gasteiger partial charge >= 0.3 is 0 Å². The number of hydrogen-bond donors (Lipinski definition) is 0. The molecule has 0 N–H and O–H groups in total. The Morgan fingerprint density at radius 3 is 3.11 bits per heavy atom. The van der Waals surface area contributed by atoms with E-state index in [1.54, 1.807) is 11.8 Å². The second kappa shape index (κ2) is 3.32. The molecule has 0 saturated carbocycles. The molecule has 1 unspecified atom stereocenters. The minimum Gasteiger partial charge on any atom is -0.307 e. The smallest absolute Gasteiger partial charge is 0.101 e. The third-order valence-electron chi connectivity index (χ3n) is 0.980. The van der Waals surface area contributed by atoms with Gasteiger partial charge in [-0.05, 0) is 5.41 Å². The maximum absolute atomic E-state index is 8.32. The molecule has 0 aromatic rings. The molecule has 0 radical (unpaired) electrons. The van der Waals surface area contributed by atoms with Gasteiger partial charge in [0.05, 0.1) is 35.4 Å². The highest BCUT2D eigenvalue weighted by Gasteiger charge is 2.16. The summed E-state index contributed by atoms with van der Waals surface area (Å²) < 4.78 is 2.02. The topological polar surface area (TPSA) is 27.0 Å². The molecule has 1 rings (SSSR count). The fraction of sp³-hybridized carbons (Fsp3) is 0.400. The summed E-state index contributed by atoms with van der Waals surface area (Å²) in [6, 6.07) is 2.13. The Morgan fingerprint density at radius 2 is 2.67 bits per heavy atom. The Labute approximate surface area is 72.4 Å². The van der Waals surface area contributed by atoms with Crippen LogP contribution in [0, 0.1) is 11.3 Å². The van der Waals surface area contributed by atoms with Gasteiger partial charge in [-0.3, -0.25) is 0 Å². The van der Waals surface area contributed by atoms with Crippen molar-refractivity contribution in [2.24, 2.45) is 0 Å². The van der Waals surface area contributed by atoms with Crippen LogP contribution in [0.3, 0.4) is 0 Å². The molecule has 0 amide bonds. The summed E-state index contributed by atoms with van der Waals surface area (Å²) in [6.07, 6.45) is 2.58. The van der Waals surface area contributed by atoms with E-state index >= 15 is 0 Å². The average Bonchev–Trinajstić information content (AvgIpc) is 2.18. The molecular formula is C5H5IN2S. The van der Waals surface area contributed by atoms with E-state index in [1.807, 2.05) is 14.7 Å². The lowest BCUT2D eigenvalue weighted by atomic mass is 10.5. The lowest BCUT2D eigenvalue weighted by Gasteiger charge is -2.12. The molecular weight excluding hydrogens is 247 g/mol. The largest absolute Gasteiger partial charge is 0.307 e. The zero-order valence-electron chi connectivity index (χ0n) is 4.62. The molecule has 0 fully saturated rings. The van der Waals surface area contributed by atoms with Gasteiger partial charge < -0.3 is 3.11 Å². The maximum Gasteiger partial charge on any atom is 0.101 e. The molecule has 1 heterocycles. The number of nitrogens with zero attached hydrogens (tertiary/aromatic N) is 2. The van der Waals surface area contributed by atoms with Crippen molar-refractivity contribution in [1.29, 1.82) is 5.26 Å². The Bertz CT molecular complexity index is 163. The van der Waals surface area contributed by atoms with Gasteiger partial charge in [0.15, 0.2) is 0 Å². The van der Waals surface area contributed by atoms with Gasteiger partial charge in [0, 0.05) is 6.20 Å². The quantitative estimate of drug-likeness (QED) is 0.528. The summed E-state index contributed by atoms with van der Waals surface area (Å²) in [4.78, 5) is 0. The van der Waals surface area contributed by atoms with Crippen LogP contribution in [-0.4, -0.2) is 8.49 Å². The van der Waals surface area contributed by atoms with Crippen LogP contribution < -0.4 is 0 Å². The molecule has 4 heteroatoms. The molecule has 48 valence electrons. The molecule has 1 aliphatic rings. The fourth-order valence-corrected chi connectivity index (χ4v) is 2.26. The number of halogens is 1. The highest BCUT2D eigenvalue weighted by atomic mass is 127. The molecule has 0 spiro atoms. The standard InChI is InChI=1S/C5H5IN2S/c6-8-3-4-9-5(8)1-2-7/h3-5H,1H2. The second-order valence-electron chi connectivity index (χ2n) is 1.58. The summed E-state index contributed by atoms with van der Waals surface area (Å²) in [5.74, 6) is 0. The van der Waals surface area contributed by atoms with E-state index in [9.17, 15) is 0 Å². The molecule has 1 aliphatic heterocycles. The van der Waals surface area contributed by atoms with Crippen molar-refractivity contribution >= 4 is 34.6 Å². The van der Waals surface area contributed by atoms with Gasteiger partial charge in [0.25, 0.3) is 0 Å². The van der Waals surface area contributed by atoms with Crippen LogP contribution in [-0.2, 0) is 0 Å². The minimum atomic E-state index is 0.343. The van der Waals surface area contributed by atoms with Crippen LogP contribution in [0.25, 0.3) is 0 Å². The third kappa shape index (κ3) is 1.76. The highest BCUT2D eigenvalue weighted by Crippen LogP contribution is 2.29. The van der Waals surface area contributed by atoms with Crippen molar-refractivity contribution in [1.82, 2.24) is 3.11 Å². The van der Waals surface area contributed by atoms with Crippen LogP contribution in [0.2, 0.25) is 0 Å². The normalized spacial score (nSPS) is 24.4. The average molecular weight is 252 g/mol. The van der Waals surface area contributed by atoms with Gasteiger partial charge in [-0.25, -0.2) is 0 Å². The van der Waals surface area contributed by atoms with Crippen molar-refractivity contribution in [3.8, 4) is 6.07 Å². The van der Waals surface area contributed by atoms with Crippen LogP contribution in [0.1, 0.15) is 6.42 Å². The molecule has 9 heavy (non-hydrogen) atoms. The molecule has 0 aliphatic carbocycles. The van der Waals surface area contributed by atoms with Crippen LogP contribution >= 0.6 is 34.6 Å². The minimum absolute atomic E-state index is 0.343. The van der Waals surface area contributed by atoms with Crippen LogP contribution in [0.5, 0.6) is 0 Å². The molecule has 0 aromatic carbocycles. The summed E-state index contributed by atoms with van der Waals surface area (Å²) in [5.41, 5.74) is 0. The van der Waals surface area contributed by atoms with E-state index in [0.29, 0.717) is 11.8 Å². The van der Waals surface area contributed by atoms with E-state index in [2.05, 4.69) is 28.9 Å². The van der Waals surface area contributed by atoms with Gasteiger partial charge in [-0.2, -0.15) is 5.26 Å². The summed E-state index contributed by atoms with van der Waals surface area (Å²) >= 11 is 3.88. The van der Waals surface area contributed by atoms with Crippen LogP contribution in [0.4, 0.5) is 0 Å². The Balaban J connectivity index is 2.38. The molecule has 1 atom stereocenters. The summed E-state index contributed by atoms with van der Waals surface area (Å²) in [5, 5.41) is 10.7. The fourth-order valence-electron chi connectivity index (χ4n) is 0.552. The lowest BCUT2D eigenvalue weighted by molar-refractivity contribution is 0.638. The lowest BCUT2D eigenvalue weighted by Crippen LogP contribution is -2.12. The Kier molecular flexibility index (Phi) is 2.66. The third-order valence-corrected chi connectivity index (χ3v) is 3.34. The van der Waals surface area contributed by atoms with E-state index in [-0.39, 0.29) is 0 Å². The summed E-state index contributed by atoms with van der Waals surface area (Å²) in [7, 11) is 0. The molecule has 0 aromatic heterocycles. The number of rotatable bonds is 1. The Hall–Kier alpha value is 0.110. The Morgan fingerprint density at radius 1 is 1.89 bits per heavy atom. The van der Waals surface area contributed by atoms with E-state index in [4.69, 9.17) is 5.26 Å². The van der Waals surface area contributed by atoms with E-state index in [0.717, 1.165) is 0 Å². The molecule has 0 bridgehead atoms. The van der Waals surface area contributed by atoms with Crippen molar-refractivity contribution < 1.29 is 0 Å². The first-order chi connectivity index (χ1) is 4.34. The highest BCUT2D eigenvalue weighted by molar-refractivity contribution is 14.1. The predicted octanol–water partition coefficient (Wildman–Crippen LogP) is 2.10. The first-order valence-corrected chi connectivity index (χ1v) is 4.38. The van der Waals surface area contributed by atoms with Crippen LogP contribution in [0.15, 0.2) is 11.6 Å². The monoisotopic (exact) mass is 252 g/mol. The first kappa shape index (κ1) is 7.22. The van der Waals surface area contributed by atoms with E-state index < -0.39 is 0 Å². The van der Waals surface area contributed by atoms with Gasteiger partial charge in [-0.15, -0.1) is 11.8 Å². The van der Waals surface area contributed by atoms with Crippen molar-refractivity contribution in [3.05, 3.63) is 11.6 Å². The van der Waals surface area contributed by atoms with Gasteiger partial charge in [0.2, 0.25) is 0 Å². The zero-order valence-corrected chi connectivity index (χ0v) is 7.59. The van der Waals surface area contributed by atoms with Crippen molar-refractivity contribution in [2.45, 2.75) is 11.8 Å².